The Hall–Kier alpha value is 1.13. The molecular formula is CH2KO7S2-. The summed E-state index contributed by atoms with van der Waals surface area (Å²) in [6.07, 6.45) is 0. The molecule has 7 nitrogen and oxygen atoms in total. The third kappa shape index (κ3) is 7.49. The van der Waals surface area contributed by atoms with Crippen LogP contribution in [0.15, 0.2) is 0 Å². The van der Waals surface area contributed by atoms with Crippen LogP contribution in [0.1, 0.15) is 1.43 Å². The van der Waals surface area contributed by atoms with Crippen LogP contribution < -0.4 is 51.4 Å². The summed E-state index contributed by atoms with van der Waals surface area (Å²) in [7, 11) is -5.05. The molecule has 0 bridgehead atoms. The second-order valence-corrected chi connectivity index (χ2v) is 2.87. The van der Waals surface area contributed by atoms with E-state index in [-0.39, 0.29) is 52.8 Å². The van der Waals surface area contributed by atoms with Crippen LogP contribution in [0.5, 0.6) is 0 Å². The maximum Gasteiger partial charge on any atom is 1.00 e. The average molecular weight is 229 g/mol. The van der Waals surface area contributed by atoms with Gasteiger partial charge in [-0.15, -0.1) is 0 Å². The number of hydrogen-bond donors (Lipinski definition) is 1. The van der Waals surface area contributed by atoms with Crippen LogP contribution in [0.25, 0.3) is 0 Å². The van der Waals surface area contributed by atoms with E-state index in [4.69, 9.17) is 4.55 Å². The third-order valence-electron chi connectivity index (χ3n) is 0.347. The quantitative estimate of drug-likeness (QED) is 0.276. The zero-order valence-electron chi connectivity index (χ0n) is 6.21. The summed E-state index contributed by atoms with van der Waals surface area (Å²) >= 11 is -3.28. The second kappa shape index (κ2) is 5.72. The summed E-state index contributed by atoms with van der Waals surface area (Å²) in [5, 5.41) is -2.22. The molecule has 0 aliphatic rings. The van der Waals surface area contributed by atoms with Crippen molar-refractivity contribution in [3.8, 4) is 0 Å². The summed E-state index contributed by atoms with van der Waals surface area (Å²) in [4.78, 5) is 9.82. The van der Waals surface area contributed by atoms with E-state index in [1.165, 1.54) is 0 Å². The van der Waals surface area contributed by atoms with Crippen molar-refractivity contribution in [1.82, 2.24) is 0 Å². The molecule has 0 rings (SSSR count). The number of carbonyl (C=O) groups is 1. The van der Waals surface area contributed by atoms with Gasteiger partial charge in [-0.2, -0.15) is 8.42 Å². The molecule has 0 spiro atoms. The van der Waals surface area contributed by atoms with Crippen LogP contribution in [0.2, 0.25) is 0 Å². The fourth-order valence-corrected chi connectivity index (χ4v) is 0.720. The van der Waals surface area contributed by atoms with Crippen molar-refractivity contribution in [2.45, 2.75) is 0 Å². The molecule has 0 saturated carbocycles. The second-order valence-electron chi connectivity index (χ2n) is 1.01. The SMILES string of the molecule is O=C(OS(=O)[O-])S(=O)(=O)O.[H-].[K+]. The van der Waals surface area contributed by atoms with Gasteiger partial charge in [-0.3, -0.25) is 4.55 Å². The first-order chi connectivity index (χ1) is 4.34. The first-order valence-corrected chi connectivity index (χ1v) is 4.07. The standard InChI is InChI=1S/CH2O7S2.K.H/c2-1(8-9(3)4)10(5,6)7;;/h(H,3,4)(H,5,6,7);;/q;+1;-1/p-1. The van der Waals surface area contributed by atoms with Crippen LogP contribution in [0.4, 0.5) is 4.79 Å². The molecule has 0 fully saturated rings. The Bertz CT molecular complexity index is 257. The van der Waals surface area contributed by atoms with Crippen molar-refractivity contribution < 1.29 is 83.5 Å². The van der Waals surface area contributed by atoms with Crippen LogP contribution in [0.3, 0.4) is 0 Å². The maximum atomic E-state index is 9.82. The van der Waals surface area contributed by atoms with Crippen LogP contribution in [-0.4, -0.2) is 27.0 Å². The summed E-state index contributed by atoms with van der Waals surface area (Å²) in [6.45, 7) is 0. The largest absolute Gasteiger partial charge is 1.00 e. The Morgan fingerprint density at radius 2 is 2.00 bits per heavy atom. The minimum absolute atomic E-state index is 0. The van der Waals surface area contributed by atoms with Crippen molar-refractivity contribution in [2.24, 2.45) is 0 Å². The fourth-order valence-electron chi connectivity index (χ4n) is 0.0985. The van der Waals surface area contributed by atoms with Gasteiger partial charge in [-0.05, 0) is 0 Å². The zero-order valence-corrected chi connectivity index (χ0v) is 9.97. The number of rotatable bonds is 1. The molecule has 1 unspecified atom stereocenters. The molecule has 10 heteroatoms. The predicted octanol–water partition coefficient (Wildman–Crippen LogP) is -4.08. The van der Waals surface area contributed by atoms with Gasteiger partial charge in [0.1, 0.15) is 11.4 Å². The van der Waals surface area contributed by atoms with E-state index in [0.717, 1.165) is 0 Å². The van der Waals surface area contributed by atoms with Crippen molar-refractivity contribution in [3.05, 3.63) is 0 Å². The van der Waals surface area contributed by atoms with E-state index < -0.39 is 26.8 Å². The van der Waals surface area contributed by atoms with E-state index in [1.807, 2.05) is 0 Å². The van der Waals surface area contributed by atoms with Gasteiger partial charge in [0.15, 0.2) is 0 Å². The molecule has 0 amide bonds. The smallest absolute Gasteiger partial charge is 1.00 e. The zero-order chi connectivity index (χ0) is 8.36. The Morgan fingerprint density at radius 1 is 1.64 bits per heavy atom. The van der Waals surface area contributed by atoms with Gasteiger partial charge in [0.05, 0.1) is 0 Å². The number of hydrogen-bond acceptors (Lipinski definition) is 6. The molecule has 0 aromatic rings. The van der Waals surface area contributed by atoms with E-state index >= 15 is 0 Å². The van der Waals surface area contributed by atoms with E-state index in [0.29, 0.717) is 0 Å². The van der Waals surface area contributed by atoms with Gasteiger partial charge >= 0.3 is 66.8 Å². The minimum atomic E-state index is -5.05. The molecule has 1 N–H and O–H groups in total. The van der Waals surface area contributed by atoms with Gasteiger partial charge in [0.2, 0.25) is 0 Å². The van der Waals surface area contributed by atoms with E-state index in [2.05, 4.69) is 4.18 Å². The molecule has 1 atom stereocenters. The Kier molecular flexibility index (Phi) is 7.61. The molecule has 0 aliphatic heterocycles. The molecule has 0 aromatic heterocycles. The maximum absolute atomic E-state index is 9.82. The Balaban J connectivity index is -0.000000405. The topological polar surface area (TPSA) is 121 Å². The van der Waals surface area contributed by atoms with Gasteiger partial charge in [-0.25, -0.2) is 9.00 Å². The first-order valence-electron chi connectivity index (χ1n) is 1.63. The molecule has 0 heterocycles. The Labute approximate surface area is 109 Å². The first kappa shape index (κ1) is 14.6. The molecule has 62 valence electrons. The van der Waals surface area contributed by atoms with Crippen molar-refractivity contribution in [3.63, 3.8) is 0 Å². The summed E-state index contributed by atoms with van der Waals surface area (Å²) in [5.41, 5.74) is 0. The van der Waals surface area contributed by atoms with Crippen LogP contribution >= 0.6 is 0 Å². The van der Waals surface area contributed by atoms with Gasteiger partial charge in [0, 0.05) is 0 Å². The molecule has 11 heavy (non-hydrogen) atoms. The van der Waals surface area contributed by atoms with Crippen LogP contribution in [0, 0.1) is 0 Å². The third-order valence-corrected chi connectivity index (χ3v) is 1.24. The molecular weight excluding hydrogens is 227 g/mol. The van der Waals surface area contributed by atoms with Gasteiger partial charge in [0.25, 0.3) is 0 Å². The molecule has 0 aromatic carbocycles. The molecule has 0 aliphatic carbocycles. The van der Waals surface area contributed by atoms with Crippen molar-refractivity contribution in [2.75, 3.05) is 0 Å². The fraction of sp³-hybridized carbons (Fsp3) is 0. The summed E-state index contributed by atoms with van der Waals surface area (Å²) in [5.74, 6) is 0. The number of carbonyl (C=O) groups excluding carboxylic acids is 1. The van der Waals surface area contributed by atoms with Crippen LogP contribution in [-0.2, 0) is 25.7 Å². The van der Waals surface area contributed by atoms with Gasteiger partial charge in [-0.1, -0.05) is 0 Å². The monoisotopic (exact) mass is 229 g/mol. The van der Waals surface area contributed by atoms with Crippen molar-refractivity contribution >= 4 is 26.8 Å². The predicted molar refractivity (Wildman–Crippen MR) is 28.1 cm³/mol. The van der Waals surface area contributed by atoms with Crippen molar-refractivity contribution in [1.29, 1.82) is 0 Å². The van der Waals surface area contributed by atoms with E-state index in [1.54, 1.807) is 0 Å². The normalized spacial score (nSPS) is 12.9. The molecule has 0 radical (unpaired) electrons. The molecule has 0 saturated heterocycles. The Morgan fingerprint density at radius 3 is 2.09 bits per heavy atom. The summed E-state index contributed by atoms with van der Waals surface area (Å²) in [6, 6.07) is 0. The average Bonchev–Trinajstić information content (AvgIpc) is 1.60. The minimum Gasteiger partial charge on any atom is -1.00 e. The van der Waals surface area contributed by atoms with Gasteiger partial charge < -0.3 is 10.2 Å². The van der Waals surface area contributed by atoms with E-state index in [9.17, 15) is 22.0 Å². The summed E-state index contributed by atoms with van der Waals surface area (Å²) < 4.78 is 49.0.